The van der Waals surface area contributed by atoms with Crippen LogP contribution >= 0.6 is 11.3 Å². The number of rotatable bonds is 8. The lowest BCUT2D eigenvalue weighted by Gasteiger charge is -2.35. The monoisotopic (exact) mass is 481 g/mol. The van der Waals surface area contributed by atoms with Crippen LogP contribution in [-0.2, 0) is 16.1 Å². The number of thiophene rings is 1. The number of carbonyl (C=O) groups is 2. The van der Waals surface area contributed by atoms with Crippen molar-refractivity contribution >= 4 is 29.2 Å². The zero-order valence-corrected chi connectivity index (χ0v) is 20.3. The Morgan fingerprint density at radius 3 is 2.59 bits per heavy atom. The molecule has 0 radical (unpaired) electrons. The van der Waals surface area contributed by atoms with E-state index in [1.807, 2.05) is 49.6 Å². The van der Waals surface area contributed by atoms with Gasteiger partial charge >= 0.3 is 0 Å². The standard InChI is InChI=1S/C27H31NO5S/c1-16(12-18-6-8-19(30)9-7-18)5-10-23(31)24-17(2)13-21-25(22(24)15-29)27(33)28(26(21)32)14-20-4-3-11-34-20/h3-4,6-9,11-12,21-23,25,29-31H,5,10,13-15H2,1-2H3/b16-12+/t21-,22+,23-,25-/m1/s1. The summed E-state index contributed by atoms with van der Waals surface area (Å²) in [7, 11) is 0. The fourth-order valence-corrected chi connectivity index (χ4v) is 6.04. The van der Waals surface area contributed by atoms with Crippen molar-refractivity contribution in [3.8, 4) is 5.75 Å². The second-order valence-corrected chi connectivity index (χ2v) is 10.4. The van der Waals surface area contributed by atoms with Crippen molar-refractivity contribution < 1.29 is 24.9 Å². The Hall–Kier alpha value is -2.74. The summed E-state index contributed by atoms with van der Waals surface area (Å²) in [4.78, 5) is 28.6. The van der Waals surface area contributed by atoms with Crippen LogP contribution in [0.15, 0.2) is 58.5 Å². The van der Waals surface area contributed by atoms with Crippen LogP contribution in [0.4, 0.5) is 0 Å². The number of fused-ring (bicyclic) bond motifs is 1. The van der Waals surface area contributed by atoms with Crippen molar-refractivity contribution in [2.45, 2.75) is 45.8 Å². The summed E-state index contributed by atoms with van der Waals surface area (Å²) in [6, 6.07) is 10.7. The number of carbonyl (C=O) groups excluding carboxylic acids is 2. The van der Waals surface area contributed by atoms with Crippen molar-refractivity contribution in [1.29, 1.82) is 0 Å². The van der Waals surface area contributed by atoms with Gasteiger partial charge in [-0.2, -0.15) is 0 Å². The molecule has 2 aliphatic rings. The average molecular weight is 482 g/mol. The van der Waals surface area contributed by atoms with Crippen LogP contribution in [0, 0.1) is 17.8 Å². The van der Waals surface area contributed by atoms with E-state index in [0.717, 1.165) is 21.6 Å². The minimum absolute atomic E-state index is 0.178. The topological polar surface area (TPSA) is 98.1 Å². The van der Waals surface area contributed by atoms with Crippen molar-refractivity contribution in [3.63, 3.8) is 0 Å². The number of benzene rings is 1. The molecule has 1 saturated heterocycles. The summed E-state index contributed by atoms with van der Waals surface area (Å²) in [5.41, 5.74) is 3.65. The van der Waals surface area contributed by atoms with E-state index < -0.39 is 23.9 Å². The molecule has 3 N–H and O–H groups in total. The van der Waals surface area contributed by atoms with Crippen molar-refractivity contribution in [3.05, 3.63) is 68.9 Å². The molecule has 0 unspecified atom stereocenters. The van der Waals surface area contributed by atoms with E-state index >= 15 is 0 Å². The number of imide groups is 1. The maximum Gasteiger partial charge on any atom is 0.234 e. The number of aromatic hydroxyl groups is 1. The number of hydrogen-bond acceptors (Lipinski definition) is 6. The van der Waals surface area contributed by atoms with Gasteiger partial charge in [0.05, 0.1) is 31.1 Å². The van der Waals surface area contributed by atoms with E-state index in [4.69, 9.17) is 0 Å². The van der Waals surface area contributed by atoms with E-state index in [2.05, 4.69) is 0 Å². The molecule has 1 aliphatic heterocycles. The number of phenols is 1. The van der Waals surface area contributed by atoms with Gasteiger partial charge in [0.15, 0.2) is 0 Å². The van der Waals surface area contributed by atoms with Crippen molar-refractivity contribution in [2.75, 3.05) is 6.61 Å². The van der Waals surface area contributed by atoms with E-state index in [-0.39, 0.29) is 30.7 Å². The van der Waals surface area contributed by atoms with Crippen LogP contribution in [0.2, 0.25) is 0 Å². The molecule has 180 valence electrons. The number of aliphatic hydroxyl groups excluding tert-OH is 2. The molecule has 4 rings (SSSR count). The van der Waals surface area contributed by atoms with Gasteiger partial charge in [0.1, 0.15) is 5.75 Å². The SMILES string of the molecule is CC1=C([C@H](O)CC/C(C)=C/c2ccc(O)cc2)[C@H](CO)[C@@H]2C(=O)N(Cc3cccs3)C(=O)[C@@H]2C1. The highest BCUT2D eigenvalue weighted by Crippen LogP contribution is 2.46. The first-order chi connectivity index (χ1) is 16.3. The summed E-state index contributed by atoms with van der Waals surface area (Å²) in [5, 5.41) is 32.7. The summed E-state index contributed by atoms with van der Waals surface area (Å²) in [6.07, 6.45) is 2.75. The van der Waals surface area contributed by atoms with Crippen molar-refractivity contribution in [2.24, 2.45) is 17.8 Å². The Labute approximate surface area is 203 Å². The molecule has 6 nitrogen and oxygen atoms in total. The number of likely N-dealkylation sites (tertiary alicyclic amines) is 1. The summed E-state index contributed by atoms with van der Waals surface area (Å²) < 4.78 is 0. The molecule has 7 heteroatoms. The molecule has 0 spiro atoms. The van der Waals surface area contributed by atoms with Gasteiger partial charge < -0.3 is 15.3 Å². The maximum atomic E-state index is 13.3. The lowest BCUT2D eigenvalue weighted by molar-refractivity contribution is -0.140. The number of phenolic OH excluding ortho intramolecular Hbond substituents is 1. The Balaban J connectivity index is 1.48. The Morgan fingerprint density at radius 1 is 1.21 bits per heavy atom. The van der Waals surface area contributed by atoms with Gasteiger partial charge in [-0.15, -0.1) is 11.3 Å². The fourth-order valence-electron chi connectivity index (χ4n) is 5.34. The first-order valence-corrected chi connectivity index (χ1v) is 12.5. The molecule has 1 aromatic heterocycles. The van der Waals surface area contributed by atoms with Gasteiger partial charge in [0.2, 0.25) is 11.8 Å². The number of allylic oxidation sites excluding steroid dienone is 2. The van der Waals surface area contributed by atoms with Gasteiger partial charge in [0, 0.05) is 10.8 Å². The predicted molar refractivity (Wildman–Crippen MR) is 132 cm³/mol. The molecule has 1 aliphatic carbocycles. The summed E-state index contributed by atoms with van der Waals surface area (Å²) in [6.45, 7) is 3.87. The van der Waals surface area contributed by atoms with Crippen LogP contribution in [0.5, 0.6) is 5.75 Å². The van der Waals surface area contributed by atoms with E-state index in [0.29, 0.717) is 24.8 Å². The molecular formula is C27H31NO5S. The second-order valence-electron chi connectivity index (χ2n) is 9.34. The molecule has 2 amide bonds. The molecule has 34 heavy (non-hydrogen) atoms. The van der Waals surface area contributed by atoms with Gasteiger partial charge in [-0.1, -0.05) is 35.4 Å². The molecule has 1 aromatic carbocycles. The van der Waals surface area contributed by atoms with Crippen LogP contribution < -0.4 is 0 Å². The third kappa shape index (κ3) is 4.87. The molecule has 2 heterocycles. The molecule has 0 saturated carbocycles. The zero-order valence-electron chi connectivity index (χ0n) is 19.5. The normalized spacial score (nSPS) is 24.1. The predicted octanol–water partition coefficient (Wildman–Crippen LogP) is 4.13. The minimum Gasteiger partial charge on any atom is -0.508 e. The van der Waals surface area contributed by atoms with E-state index in [1.165, 1.54) is 16.2 Å². The van der Waals surface area contributed by atoms with Gasteiger partial charge in [-0.05, 0) is 67.8 Å². The Morgan fingerprint density at radius 2 is 1.94 bits per heavy atom. The van der Waals surface area contributed by atoms with E-state index in [9.17, 15) is 24.9 Å². The van der Waals surface area contributed by atoms with Gasteiger partial charge in [-0.3, -0.25) is 14.5 Å². The largest absolute Gasteiger partial charge is 0.508 e. The van der Waals surface area contributed by atoms with Gasteiger partial charge in [-0.25, -0.2) is 0 Å². The fraction of sp³-hybridized carbons (Fsp3) is 0.407. The summed E-state index contributed by atoms with van der Waals surface area (Å²) in [5.74, 6) is -1.87. The first kappa shape index (κ1) is 24.4. The van der Waals surface area contributed by atoms with Crippen LogP contribution in [0.3, 0.4) is 0 Å². The molecular weight excluding hydrogens is 450 g/mol. The highest BCUT2D eigenvalue weighted by Gasteiger charge is 2.54. The molecule has 1 fully saturated rings. The van der Waals surface area contributed by atoms with Crippen LogP contribution in [-0.4, -0.2) is 44.7 Å². The van der Waals surface area contributed by atoms with E-state index in [1.54, 1.807) is 12.1 Å². The first-order valence-electron chi connectivity index (χ1n) is 11.6. The number of hydrogen-bond donors (Lipinski definition) is 3. The third-order valence-electron chi connectivity index (χ3n) is 6.99. The van der Waals surface area contributed by atoms with Crippen LogP contribution in [0.1, 0.15) is 43.6 Å². The number of aliphatic hydroxyl groups is 2. The Bertz CT molecular complexity index is 1100. The smallest absolute Gasteiger partial charge is 0.234 e. The molecule has 2 aromatic rings. The second kappa shape index (κ2) is 10.3. The van der Waals surface area contributed by atoms with Gasteiger partial charge in [0.25, 0.3) is 0 Å². The number of amides is 2. The number of nitrogens with zero attached hydrogens (tertiary/aromatic N) is 1. The summed E-state index contributed by atoms with van der Waals surface area (Å²) >= 11 is 1.51. The molecule has 4 atom stereocenters. The minimum atomic E-state index is -0.796. The Kier molecular flexibility index (Phi) is 7.36. The highest BCUT2D eigenvalue weighted by molar-refractivity contribution is 7.09. The zero-order chi connectivity index (χ0) is 24.4. The highest BCUT2D eigenvalue weighted by atomic mass is 32.1. The molecule has 0 bridgehead atoms. The van der Waals surface area contributed by atoms with Crippen LogP contribution in [0.25, 0.3) is 6.08 Å². The maximum absolute atomic E-state index is 13.3. The average Bonchev–Trinajstić information content (AvgIpc) is 3.41. The lowest BCUT2D eigenvalue weighted by Crippen LogP contribution is -2.38. The lowest BCUT2D eigenvalue weighted by atomic mass is 9.68. The van der Waals surface area contributed by atoms with Crippen molar-refractivity contribution in [1.82, 2.24) is 4.90 Å². The third-order valence-corrected chi connectivity index (χ3v) is 7.85. The quantitative estimate of drug-likeness (QED) is 0.389.